The molecule has 0 aromatic heterocycles. The van der Waals surface area contributed by atoms with Crippen molar-refractivity contribution in [3.63, 3.8) is 0 Å². The smallest absolute Gasteiger partial charge is 0.326 e. The Hall–Kier alpha value is -4.24. The van der Waals surface area contributed by atoms with Crippen LogP contribution in [0.2, 0.25) is 0 Å². The van der Waals surface area contributed by atoms with Crippen molar-refractivity contribution in [3.8, 4) is 5.75 Å². The predicted octanol–water partition coefficient (Wildman–Crippen LogP) is -3.47. The van der Waals surface area contributed by atoms with Gasteiger partial charge in [0.25, 0.3) is 0 Å². The van der Waals surface area contributed by atoms with Gasteiger partial charge in [-0.2, -0.15) is 0 Å². The van der Waals surface area contributed by atoms with Crippen LogP contribution in [0, 0.1) is 0 Å². The van der Waals surface area contributed by atoms with Gasteiger partial charge in [-0.1, -0.05) is 12.1 Å². The maximum Gasteiger partial charge on any atom is 0.326 e. The van der Waals surface area contributed by atoms with Gasteiger partial charge in [0, 0.05) is 6.42 Å². The number of nitrogens with two attached hydrogens (primary N) is 2. The number of aromatic hydroxyl groups is 1. The summed E-state index contributed by atoms with van der Waals surface area (Å²) in [6.45, 7) is -0.912. The average Bonchev–Trinajstić information content (AvgIpc) is 2.79. The Labute approximate surface area is 204 Å². The molecule has 15 heteroatoms. The van der Waals surface area contributed by atoms with E-state index >= 15 is 0 Å². The molecule has 0 spiro atoms. The molecule has 0 heterocycles. The highest BCUT2D eigenvalue weighted by Gasteiger charge is 2.31. The van der Waals surface area contributed by atoms with Crippen molar-refractivity contribution in [3.05, 3.63) is 29.8 Å². The number of hydrogen-bond donors (Lipinski definition) is 9. The fraction of sp³-hybridized carbons (Fsp3) is 0.429. The topological polar surface area (TPSA) is 271 Å². The minimum atomic E-state index is -1.68. The third-order valence-corrected chi connectivity index (χ3v) is 4.84. The van der Waals surface area contributed by atoms with Crippen LogP contribution in [-0.2, 0) is 35.2 Å². The van der Waals surface area contributed by atoms with Gasteiger partial charge in [0.15, 0.2) is 0 Å². The van der Waals surface area contributed by atoms with E-state index in [0.717, 1.165) is 0 Å². The second-order valence-electron chi connectivity index (χ2n) is 7.78. The van der Waals surface area contributed by atoms with Gasteiger partial charge in [0.2, 0.25) is 23.6 Å². The SMILES string of the molecule is NC(=O)CC(NC(=O)C(CO)NC(=O)C(N)Cc1ccc(O)cc1)C(=O)NC(CCC(=O)O)C(=O)O. The second kappa shape index (κ2) is 14.2. The zero-order valence-corrected chi connectivity index (χ0v) is 19.0. The number of aliphatic hydroxyl groups is 1. The van der Waals surface area contributed by atoms with E-state index in [4.69, 9.17) is 16.6 Å². The number of carbonyl (C=O) groups is 6. The van der Waals surface area contributed by atoms with Crippen molar-refractivity contribution in [1.29, 1.82) is 0 Å². The van der Waals surface area contributed by atoms with Crippen molar-refractivity contribution >= 4 is 35.6 Å². The number of phenolic OH excluding ortho intramolecular Hbond substituents is 1. The number of carbonyl (C=O) groups excluding carboxylic acids is 4. The van der Waals surface area contributed by atoms with Crippen LogP contribution in [0.25, 0.3) is 0 Å². The summed E-state index contributed by atoms with van der Waals surface area (Å²) in [5.41, 5.74) is 11.5. The molecule has 0 aliphatic heterocycles. The number of benzene rings is 1. The first-order chi connectivity index (χ1) is 16.8. The van der Waals surface area contributed by atoms with Gasteiger partial charge in [-0.15, -0.1) is 0 Å². The number of carboxylic acid groups (broad SMARTS) is 2. The van der Waals surface area contributed by atoms with Crippen LogP contribution in [0.4, 0.5) is 0 Å². The predicted molar refractivity (Wildman–Crippen MR) is 121 cm³/mol. The summed E-state index contributed by atoms with van der Waals surface area (Å²) < 4.78 is 0. The zero-order chi connectivity index (χ0) is 27.4. The molecule has 0 radical (unpaired) electrons. The van der Waals surface area contributed by atoms with E-state index < -0.39 is 85.6 Å². The van der Waals surface area contributed by atoms with Crippen LogP contribution in [0.3, 0.4) is 0 Å². The fourth-order valence-corrected chi connectivity index (χ4v) is 2.93. The molecular formula is C21H29N5O10. The molecular weight excluding hydrogens is 482 g/mol. The van der Waals surface area contributed by atoms with Crippen molar-refractivity contribution in [2.75, 3.05) is 6.61 Å². The minimum absolute atomic E-state index is 0.0138. The van der Waals surface area contributed by atoms with Crippen molar-refractivity contribution in [2.45, 2.75) is 49.9 Å². The lowest BCUT2D eigenvalue weighted by molar-refractivity contribution is -0.143. The summed E-state index contributed by atoms with van der Waals surface area (Å²) in [5, 5.41) is 43.1. The van der Waals surface area contributed by atoms with Gasteiger partial charge in [0.05, 0.1) is 19.1 Å². The molecule has 15 nitrogen and oxygen atoms in total. The van der Waals surface area contributed by atoms with E-state index in [2.05, 4.69) is 10.6 Å². The van der Waals surface area contributed by atoms with Crippen LogP contribution in [-0.4, -0.2) is 86.8 Å². The van der Waals surface area contributed by atoms with E-state index in [9.17, 15) is 44.1 Å². The number of rotatable bonds is 15. The van der Waals surface area contributed by atoms with E-state index in [-0.39, 0.29) is 12.2 Å². The standard InChI is InChI=1S/C21H29N5O10/c22-12(7-10-1-3-11(28)4-2-10)18(32)26-15(9-27)20(34)25-14(8-16(23)29)19(33)24-13(21(35)36)5-6-17(30)31/h1-4,12-15,27-28H,5-9,22H2,(H2,23,29)(H,24,33)(H,25,34)(H,26,32)(H,30,31)(H,35,36). The molecule has 0 aliphatic rings. The van der Waals surface area contributed by atoms with Crippen LogP contribution in [0.1, 0.15) is 24.8 Å². The number of aliphatic carboxylic acids is 2. The Morgan fingerprint density at radius 2 is 1.36 bits per heavy atom. The lowest BCUT2D eigenvalue weighted by Gasteiger charge is -2.23. The first-order valence-electron chi connectivity index (χ1n) is 10.6. The van der Waals surface area contributed by atoms with Crippen molar-refractivity contribution < 1.29 is 49.2 Å². The Morgan fingerprint density at radius 3 is 1.86 bits per heavy atom. The Bertz CT molecular complexity index is 968. The summed E-state index contributed by atoms with van der Waals surface area (Å²) in [4.78, 5) is 70.9. The molecule has 4 atom stereocenters. The van der Waals surface area contributed by atoms with Crippen LogP contribution in [0.15, 0.2) is 24.3 Å². The molecule has 0 saturated heterocycles. The molecule has 198 valence electrons. The highest BCUT2D eigenvalue weighted by Crippen LogP contribution is 2.11. The summed E-state index contributed by atoms with van der Waals surface area (Å²) in [5.74, 6) is -6.94. The van der Waals surface area contributed by atoms with Crippen LogP contribution >= 0.6 is 0 Å². The molecule has 36 heavy (non-hydrogen) atoms. The van der Waals surface area contributed by atoms with Gasteiger partial charge in [-0.05, 0) is 30.5 Å². The number of phenols is 1. The summed E-state index contributed by atoms with van der Waals surface area (Å²) in [6, 6.07) is -0.195. The van der Waals surface area contributed by atoms with E-state index in [1.807, 2.05) is 5.32 Å². The first kappa shape index (κ1) is 29.8. The van der Waals surface area contributed by atoms with E-state index in [0.29, 0.717) is 5.56 Å². The quantitative estimate of drug-likeness (QED) is 0.112. The average molecular weight is 511 g/mol. The summed E-state index contributed by atoms with van der Waals surface area (Å²) in [7, 11) is 0. The third-order valence-electron chi connectivity index (χ3n) is 4.84. The van der Waals surface area contributed by atoms with Crippen molar-refractivity contribution in [2.24, 2.45) is 11.5 Å². The molecule has 0 saturated carbocycles. The molecule has 0 aliphatic carbocycles. The largest absolute Gasteiger partial charge is 0.508 e. The summed E-state index contributed by atoms with van der Waals surface area (Å²) in [6.07, 6.45) is -1.77. The Balaban J connectivity index is 2.84. The molecule has 0 bridgehead atoms. The van der Waals surface area contributed by atoms with E-state index in [1.165, 1.54) is 24.3 Å². The third kappa shape index (κ3) is 10.4. The fourth-order valence-electron chi connectivity index (χ4n) is 2.93. The number of aliphatic hydroxyl groups excluding tert-OH is 1. The number of primary amides is 1. The molecule has 0 fully saturated rings. The van der Waals surface area contributed by atoms with Crippen LogP contribution < -0.4 is 27.4 Å². The number of amides is 4. The maximum absolute atomic E-state index is 12.6. The van der Waals surface area contributed by atoms with Gasteiger partial charge in [-0.3, -0.25) is 24.0 Å². The molecule has 11 N–H and O–H groups in total. The Morgan fingerprint density at radius 1 is 0.833 bits per heavy atom. The number of nitrogens with one attached hydrogen (secondary N) is 3. The highest BCUT2D eigenvalue weighted by molar-refractivity contribution is 5.96. The van der Waals surface area contributed by atoms with Crippen molar-refractivity contribution in [1.82, 2.24) is 16.0 Å². The zero-order valence-electron chi connectivity index (χ0n) is 19.0. The monoisotopic (exact) mass is 511 g/mol. The second-order valence-corrected chi connectivity index (χ2v) is 7.78. The lowest BCUT2D eigenvalue weighted by atomic mass is 10.1. The summed E-state index contributed by atoms with van der Waals surface area (Å²) >= 11 is 0. The number of hydrogen-bond acceptors (Lipinski definition) is 9. The van der Waals surface area contributed by atoms with Gasteiger partial charge in [-0.25, -0.2) is 4.79 Å². The highest BCUT2D eigenvalue weighted by atomic mass is 16.4. The molecule has 4 unspecified atom stereocenters. The molecule has 1 aromatic carbocycles. The van der Waals surface area contributed by atoms with Gasteiger partial charge < -0.3 is 47.8 Å². The Kier molecular flexibility index (Phi) is 11.8. The number of carboxylic acids is 2. The molecule has 1 rings (SSSR count). The molecule has 1 aromatic rings. The van der Waals surface area contributed by atoms with E-state index in [1.54, 1.807) is 0 Å². The first-order valence-corrected chi connectivity index (χ1v) is 10.6. The lowest BCUT2D eigenvalue weighted by Crippen LogP contribution is -2.58. The molecule has 4 amide bonds. The maximum atomic E-state index is 12.6. The minimum Gasteiger partial charge on any atom is -0.508 e. The van der Waals surface area contributed by atoms with Crippen LogP contribution in [0.5, 0.6) is 5.75 Å². The van der Waals surface area contributed by atoms with Gasteiger partial charge >= 0.3 is 11.9 Å². The van der Waals surface area contributed by atoms with Gasteiger partial charge in [0.1, 0.15) is 23.9 Å². The normalized spacial score (nSPS) is 13.9.